The molecule has 17 heteroatoms. The van der Waals surface area contributed by atoms with Crippen LogP contribution in [0, 0.1) is 11.6 Å². The Bertz CT molecular complexity index is 3660. The summed E-state index contributed by atoms with van der Waals surface area (Å²) in [6.07, 6.45) is -2.13. The first kappa shape index (κ1) is 70.2. The number of carbonyl (C=O) groups excluding carboxylic acids is 4. The topological polar surface area (TPSA) is 193 Å². The maximum absolute atomic E-state index is 14.4. The zero-order chi connectivity index (χ0) is 64.2. The Morgan fingerprint density at radius 2 is 1.00 bits per heavy atom. The average molecular weight is 1250 g/mol. The molecule has 14 nitrogen and oxygen atoms in total. The van der Waals surface area contributed by atoms with Crippen LogP contribution in [0.2, 0.25) is 0 Å². The van der Waals surface area contributed by atoms with E-state index in [9.17, 15) is 43.3 Å². The van der Waals surface area contributed by atoms with Crippen LogP contribution in [-0.2, 0) is 36.9 Å². The van der Waals surface area contributed by atoms with Crippen molar-refractivity contribution < 1.29 is 57.5 Å². The number of aromatic nitrogens is 2. The fourth-order valence-corrected chi connectivity index (χ4v) is 11.8. The summed E-state index contributed by atoms with van der Waals surface area (Å²) in [6.45, 7) is 18.2. The summed E-state index contributed by atoms with van der Waals surface area (Å²) in [5.74, 6) is -4.00. The molecule has 4 atom stereocenters. The molecule has 8 aromatic rings. The van der Waals surface area contributed by atoms with E-state index in [0.717, 1.165) is 39.3 Å². The summed E-state index contributed by atoms with van der Waals surface area (Å²) in [5, 5.41) is 37.7. The van der Waals surface area contributed by atoms with Gasteiger partial charge < -0.3 is 54.1 Å². The molecular weight excluding hydrogens is 1170 g/mol. The van der Waals surface area contributed by atoms with Crippen LogP contribution in [0.3, 0.4) is 0 Å². The molecule has 1 aliphatic heterocycles. The smallest absolute Gasteiger partial charge is 0.550 e. The fraction of sp³-hybridized carbons (Fsp3) is 0.342. The Morgan fingerprint density at radius 1 is 0.600 bits per heavy atom. The minimum Gasteiger partial charge on any atom is -0.550 e. The molecule has 0 radical (unpaired) electrons. The SMILES string of the molecule is CC(C)c1c(C(=O)Nc2ccccc2)c(-c2ccccc2)c(-c2ccc(F)cc2)n1CC[C@@H](O)C[C@@H](O)CC(=O)[O-].CC(C)c1c(C(=O)Nc2ccccc2)c(-c2ccccc2)c(-c2ccc(F)cc2)n1CC[C@@H]1C[C@H](CC(=O)OC(C)(C)C)OC(C)(C)O1.[Ca+2]. The number of halogens is 2. The van der Waals surface area contributed by atoms with E-state index in [-0.39, 0.29) is 111 Å². The number of aliphatic hydroxyl groups is 2. The summed E-state index contributed by atoms with van der Waals surface area (Å²) in [6, 6.07) is 50.4. The Hall–Kier alpha value is -7.28. The van der Waals surface area contributed by atoms with E-state index >= 15 is 0 Å². The van der Waals surface area contributed by atoms with Crippen molar-refractivity contribution in [3.63, 3.8) is 0 Å². The van der Waals surface area contributed by atoms with Gasteiger partial charge in [-0.3, -0.25) is 14.4 Å². The summed E-state index contributed by atoms with van der Waals surface area (Å²) in [7, 11) is 0. The van der Waals surface area contributed by atoms with E-state index in [1.807, 2.05) is 162 Å². The number of amides is 2. The second kappa shape index (κ2) is 31.6. The predicted octanol–water partition coefficient (Wildman–Crippen LogP) is 14.0. The maximum atomic E-state index is 14.4. The number of hydrogen-bond donors (Lipinski definition) is 4. The third kappa shape index (κ3) is 18.7. The molecular formula is C73H81CaF2N4O10+. The Kier molecular flexibility index (Phi) is 24.7. The van der Waals surface area contributed by atoms with Gasteiger partial charge in [-0.2, -0.15) is 0 Å². The molecule has 0 aliphatic carbocycles. The number of aliphatic carboxylic acids is 1. The van der Waals surface area contributed by atoms with Crippen molar-refractivity contribution in [3.8, 4) is 44.8 Å². The quantitative estimate of drug-likeness (QED) is 0.0375. The Labute approximate surface area is 556 Å². The molecule has 9 rings (SSSR count). The van der Waals surface area contributed by atoms with Crippen LogP contribution in [0.4, 0.5) is 20.2 Å². The van der Waals surface area contributed by atoms with Crippen LogP contribution in [0.15, 0.2) is 170 Å². The van der Waals surface area contributed by atoms with Crippen LogP contribution >= 0.6 is 0 Å². The van der Waals surface area contributed by atoms with Gasteiger partial charge in [0, 0.05) is 65.8 Å². The average Bonchev–Trinajstić information content (AvgIpc) is 1.62. The molecule has 1 saturated heterocycles. The number of nitrogens with zero attached hydrogens (tertiary/aromatic N) is 2. The summed E-state index contributed by atoms with van der Waals surface area (Å²) in [5.41, 5.74) is 9.58. The number of rotatable bonds is 22. The van der Waals surface area contributed by atoms with E-state index in [1.54, 1.807) is 36.4 Å². The van der Waals surface area contributed by atoms with Gasteiger partial charge in [0.15, 0.2) is 5.79 Å². The largest absolute Gasteiger partial charge is 2.00 e. The van der Waals surface area contributed by atoms with Crippen molar-refractivity contribution in [2.24, 2.45) is 0 Å². The number of carboxylic acids is 1. The van der Waals surface area contributed by atoms with Gasteiger partial charge in [-0.25, -0.2) is 8.78 Å². The molecule has 0 unspecified atom stereocenters. The van der Waals surface area contributed by atoms with Crippen molar-refractivity contribution in [2.45, 2.75) is 162 Å². The number of carbonyl (C=O) groups is 4. The van der Waals surface area contributed by atoms with Gasteiger partial charge in [-0.05, 0) is 161 Å². The zero-order valence-electron chi connectivity index (χ0n) is 52.8. The number of carboxylic acid groups (broad SMARTS) is 1. The van der Waals surface area contributed by atoms with E-state index in [0.29, 0.717) is 58.7 Å². The molecule has 3 heterocycles. The van der Waals surface area contributed by atoms with Gasteiger partial charge in [0.2, 0.25) is 0 Å². The summed E-state index contributed by atoms with van der Waals surface area (Å²) >= 11 is 0. The number of esters is 1. The van der Waals surface area contributed by atoms with E-state index in [1.165, 1.54) is 24.3 Å². The molecule has 0 bridgehead atoms. The van der Waals surface area contributed by atoms with Crippen molar-refractivity contribution in [3.05, 3.63) is 204 Å². The second-order valence-corrected chi connectivity index (χ2v) is 24.6. The van der Waals surface area contributed by atoms with E-state index in [4.69, 9.17) is 14.2 Å². The van der Waals surface area contributed by atoms with E-state index in [2.05, 4.69) is 29.0 Å². The number of aliphatic hydroxyl groups excluding tert-OH is 2. The number of nitrogens with one attached hydrogen (secondary N) is 2. The minimum atomic E-state index is -1.39. The van der Waals surface area contributed by atoms with Gasteiger partial charge >= 0.3 is 43.7 Å². The zero-order valence-corrected chi connectivity index (χ0v) is 55.0. The Balaban J connectivity index is 0.000000256. The van der Waals surface area contributed by atoms with Gasteiger partial charge in [-0.15, -0.1) is 0 Å². The number of ether oxygens (including phenoxy) is 3. The molecule has 1 fully saturated rings. The molecule has 90 heavy (non-hydrogen) atoms. The molecule has 2 aromatic heterocycles. The van der Waals surface area contributed by atoms with Gasteiger partial charge in [0.1, 0.15) is 17.2 Å². The van der Waals surface area contributed by atoms with Crippen LogP contribution < -0.4 is 15.7 Å². The van der Waals surface area contributed by atoms with Gasteiger partial charge in [0.05, 0.1) is 53.4 Å². The number of hydrogen-bond acceptors (Lipinski definition) is 10. The van der Waals surface area contributed by atoms with Crippen LogP contribution in [0.5, 0.6) is 0 Å². The standard InChI is InChI=1S/C40H47FN2O5.C33H35FN2O5.Ca/c1-26(2)36-35(38(45)42-30-16-12-9-13-17-30)34(27-14-10-8-11-15-27)37(28-18-20-29(41)21-19-28)43(36)23-22-31-24-32(47-40(6,7)46-31)25-33(44)48-39(3,4)5;1-21(2)31-30(33(41)35-25-11-7-4-8-12-25)29(22-9-5-3-6-10-22)32(23-13-15-24(34)16-14-23)36(31)18-17-26(37)19-27(38)20-28(39)40;/h8-21,26,31-32H,22-25H2,1-7H3,(H,42,45);3-16,21,26-27,37-38H,17-20H2,1-2H3,(H,35,41)(H,39,40);/q;;+2/p-1/t31-,32-;26-,27-;/m11./s1. The maximum Gasteiger partial charge on any atom is 2.00 e. The minimum absolute atomic E-state index is 0. The molecule has 4 N–H and O–H groups in total. The number of anilines is 2. The molecule has 6 aromatic carbocycles. The summed E-state index contributed by atoms with van der Waals surface area (Å²) in [4.78, 5) is 52.0. The molecule has 1 aliphatic rings. The third-order valence-electron chi connectivity index (χ3n) is 15.1. The number of benzene rings is 6. The first-order valence-electron chi connectivity index (χ1n) is 30.4. The molecule has 0 spiro atoms. The molecule has 468 valence electrons. The second-order valence-electron chi connectivity index (χ2n) is 24.6. The van der Waals surface area contributed by atoms with Crippen LogP contribution in [0.25, 0.3) is 44.8 Å². The Morgan fingerprint density at radius 3 is 1.40 bits per heavy atom. The number of para-hydroxylation sites is 2. The van der Waals surface area contributed by atoms with Crippen LogP contribution in [-0.4, -0.2) is 117 Å². The van der Waals surface area contributed by atoms with Crippen molar-refractivity contribution >= 4 is 72.9 Å². The van der Waals surface area contributed by atoms with Crippen molar-refractivity contribution in [2.75, 3.05) is 10.6 Å². The third-order valence-corrected chi connectivity index (χ3v) is 15.1. The predicted molar refractivity (Wildman–Crippen MR) is 348 cm³/mol. The van der Waals surface area contributed by atoms with E-state index < -0.39 is 41.8 Å². The monoisotopic (exact) mass is 1250 g/mol. The van der Waals surface area contributed by atoms with Gasteiger partial charge in [0.25, 0.3) is 11.8 Å². The van der Waals surface area contributed by atoms with Gasteiger partial charge in [-0.1, -0.05) is 125 Å². The van der Waals surface area contributed by atoms with Crippen molar-refractivity contribution in [1.82, 2.24) is 9.13 Å². The first-order valence-corrected chi connectivity index (χ1v) is 30.4. The fourth-order valence-electron chi connectivity index (χ4n) is 11.8. The molecule has 2 amide bonds. The van der Waals surface area contributed by atoms with Crippen LogP contribution in [0.1, 0.15) is 145 Å². The summed E-state index contributed by atoms with van der Waals surface area (Å²) < 4.78 is 50.6. The normalized spacial score (nSPS) is 15.2. The molecule has 0 saturated carbocycles. The van der Waals surface area contributed by atoms with Crippen molar-refractivity contribution in [1.29, 1.82) is 0 Å². The first-order chi connectivity index (χ1) is 42.4.